The van der Waals surface area contributed by atoms with Gasteiger partial charge in [-0.3, -0.25) is 0 Å². The summed E-state index contributed by atoms with van der Waals surface area (Å²) in [7, 11) is 5.67. The molecule has 18 heavy (non-hydrogen) atoms. The van der Waals surface area contributed by atoms with Gasteiger partial charge in [-0.15, -0.1) is 0 Å². The van der Waals surface area contributed by atoms with Crippen molar-refractivity contribution in [3.63, 3.8) is 0 Å². The molecule has 0 aliphatic heterocycles. The number of nitrogens with one attached hydrogen (secondary N) is 1. The van der Waals surface area contributed by atoms with E-state index in [1.54, 1.807) is 18.4 Å². The number of methoxy groups -OCH3 is 1. The van der Waals surface area contributed by atoms with Gasteiger partial charge in [0.1, 0.15) is 0 Å². The fourth-order valence-electron chi connectivity index (χ4n) is 1.45. The molecule has 1 N–H and O–H groups in total. The van der Waals surface area contributed by atoms with Crippen LogP contribution in [0.25, 0.3) is 0 Å². The summed E-state index contributed by atoms with van der Waals surface area (Å²) in [5, 5.41) is 4.51. The fourth-order valence-corrected chi connectivity index (χ4v) is 2.94. The first-order valence-corrected chi connectivity index (χ1v) is 8.22. The van der Waals surface area contributed by atoms with Crippen LogP contribution in [-0.4, -0.2) is 44.2 Å². The lowest BCUT2D eigenvalue weighted by Crippen LogP contribution is -2.25. The van der Waals surface area contributed by atoms with Crippen LogP contribution in [0.5, 0.6) is 5.88 Å². The summed E-state index contributed by atoms with van der Waals surface area (Å²) >= 11 is 3.57. The number of thioether (sulfide) groups is 1. The molecule has 0 saturated carbocycles. The van der Waals surface area contributed by atoms with E-state index in [1.807, 2.05) is 30.8 Å². The van der Waals surface area contributed by atoms with Gasteiger partial charge < -0.3 is 15.0 Å². The third-order valence-electron chi connectivity index (χ3n) is 2.59. The number of aromatic nitrogens is 1. The molecule has 1 rings (SSSR count). The van der Waals surface area contributed by atoms with E-state index in [9.17, 15) is 0 Å². The molecule has 1 aromatic heterocycles. The summed E-state index contributed by atoms with van der Waals surface area (Å²) in [5.74, 6) is 1.94. The Morgan fingerprint density at radius 3 is 2.78 bits per heavy atom. The Kier molecular flexibility index (Phi) is 6.81. The van der Waals surface area contributed by atoms with Crippen LogP contribution in [0.4, 0.5) is 5.13 Å². The average Bonchev–Trinajstić information content (AvgIpc) is 2.77. The minimum Gasteiger partial charge on any atom is -0.480 e. The Bertz CT molecular complexity index is 355. The van der Waals surface area contributed by atoms with Crippen molar-refractivity contribution in [3.05, 3.63) is 4.88 Å². The third-order valence-corrected chi connectivity index (χ3v) is 4.44. The summed E-state index contributed by atoms with van der Waals surface area (Å²) in [6.45, 7) is 3.04. The van der Waals surface area contributed by atoms with Crippen LogP contribution >= 0.6 is 23.1 Å². The second-order valence-electron chi connectivity index (χ2n) is 4.39. The Morgan fingerprint density at radius 1 is 1.50 bits per heavy atom. The van der Waals surface area contributed by atoms with Crippen LogP contribution in [0.3, 0.4) is 0 Å². The molecule has 0 aromatic carbocycles. The second kappa shape index (κ2) is 7.86. The highest BCUT2D eigenvalue weighted by atomic mass is 32.2. The van der Waals surface area contributed by atoms with E-state index in [-0.39, 0.29) is 0 Å². The van der Waals surface area contributed by atoms with Crippen molar-refractivity contribution < 1.29 is 4.74 Å². The lowest BCUT2D eigenvalue weighted by molar-refractivity contribution is 0.393. The largest absolute Gasteiger partial charge is 0.480 e. The fraction of sp³-hybridized carbons (Fsp3) is 0.750. The molecular weight excluding hydrogens is 266 g/mol. The highest BCUT2D eigenvalue weighted by Gasteiger charge is 2.13. The number of thiazole rings is 1. The standard InChI is InChI=1S/C12H23N3OS2/c1-9(6-7-17-5)13-8-10-11(16-4)14-12(18-10)15(2)3/h9,13H,6-8H2,1-5H3. The molecule has 1 heterocycles. The van der Waals surface area contributed by atoms with Gasteiger partial charge in [-0.05, 0) is 25.4 Å². The summed E-state index contributed by atoms with van der Waals surface area (Å²) in [6.07, 6.45) is 3.32. The van der Waals surface area contributed by atoms with Gasteiger partial charge in [-0.1, -0.05) is 11.3 Å². The minimum absolute atomic E-state index is 0.520. The summed E-state index contributed by atoms with van der Waals surface area (Å²) in [5.41, 5.74) is 0. The number of rotatable bonds is 8. The minimum atomic E-state index is 0.520. The molecule has 0 aliphatic carbocycles. The van der Waals surface area contributed by atoms with Gasteiger partial charge in [-0.25, -0.2) is 0 Å². The van der Waals surface area contributed by atoms with Crippen molar-refractivity contribution in [2.24, 2.45) is 0 Å². The highest BCUT2D eigenvalue weighted by Crippen LogP contribution is 2.30. The molecule has 104 valence electrons. The predicted molar refractivity (Wildman–Crippen MR) is 82.3 cm³/mol. The maximum Gasteiger partial charge on any atom is 0.230 e. The Hall–Kier alpha value is -0.460. The zero-order valence-electron chi connectivity index (χ0n) is 11.8. The molecule has 0 amide bonds. The second-order valence-corrected chi connectivity index (χ2v) is 6.43. The molecule has 6 heteroatoms. The van der Waals surface area contributed by atoms with Gasteiger partial charge in [0.15, 0.2) is 5.13 Å². The molecule has 1 aromatic rings. The molecule has 0 aliphatic rings. The van der Waals surface area contributed by atoms with E-state index in [0.29, 0.717) is 6.04 Å². The van der Waals surface area contributed by atoms with Crippen molar-refractivity contribution in [2.45, 2.75) is 25.9 Å². The van der Waals surface area contributed by atoms with E-state index < -0.39 is 0 Å². The van der Waals surface area contributed by atoms with Crippen molar-refractivity contribution in [1.82, 2.24) is 10.3 Å². The first-order chi connectivity index (χ1) is 8.58. The molecule has 0 saturated heterocycles. The first kappa shape index (κ1) is 15.6. The van der Waals surface area contributed by atoms with Crippen LogP contribution in [0.15, 0.2) is 0 Å². The zero-order valence-corrected chi connectivity index (χ0v) is 13.5. The van der Waals surface area contributed by atoms with Crippen LogP contribution in [0.2, 0.25) is 0 Å². The van der Waals surface area contributed by atoms with Gasteiger partial charge >= 0.3 is 0 Å². The number of hydrogen-bond donors (Lipinski definition) is 1. The third kappa shape index (κ3) is 4.66. The van der Waals surface area contributed by atoms with Crippen molar-refractivity contribution in [3.8, 4) is 5.88 Å². The Labute approximate surface area is 118 Å². The molecule has 0 spiro atoms. The lowest BCUT2D eigenvalue weighted by atomic mass is 10.2. The molecule has 4 nitrogen and oxygen atoms in total. The number of ether oxygens (including phenoxy) is 1. The van der Waals surface area contributed by atoms with Crippen LogP contribution in [0, 0.1) is 0 Å². The topological polar surface area (TPSA) is 37.4 Å². The summed E-state index contributed by atoms with van der Waals surface area (Å²) in [6, 6.07) is 0.520. The maximum absolute atomic E-state index is 5.32. The van der Waals surface area contributed by atoms with Gasteiger partial charge in [0.2, 0.25) is 5.88 Å². The van der Waals surface area contributed by atoms with Crippen molar-refractivity contribution in [1.29, 1.82) is 0 Å². The number of hydrogen-bond acceptors (Lipinski definition) is 6. The Balaban J connectivity index is 2.55. The van der Waals surface area contributed by atoms with Gasteiger partial charge in [0.05, 0.1) is 12.0 Å². The van der Waals surface area contributed by atoms with Crippen LogP contribution < -0.4 is 15.0 Å². The van der Waals surface area contributed by atoms with E-state index >= 15 is 0 Å². The molecule has 0 fully saturated rings. The summed E-state index contributed by atoms with van der Waals surface area (Å²) < 4.78 is 5.32. The Morgan fingerprint density at radius 2 is 2.22 bits per heavy atom. The van der Waals surface area contributed by atoms with Gasteiger partial charge in [0.25, 0.3) is 0 Å². The van der Waals surface area contributed by atoms with E-state index in [1.165, 1.54) is 12.2 Å². The lowest BCUT2D eigenvalue weighted by Gasteiger charge is -2.12. The van der Waals surface area contributed by atoms with Gasteiger partial charge in [0, 0.05) is 26.7 Å². The normalized spacial score (nSPS) is 12.5. The highest BCUT2D eigenvalue weighted by molar-refractivity contribution is 7.98. The SMILES string of the molecule is COc1nc(N(C)C)sc1CNC(C)CCSC. The average molecular weight is 289 g/mol. The maximum atomic E-state index is 5.32. The van der Waals surface area contributed by atoms with Crippen LogP contribution in [0.1, 0.15) is 18.2 Å². The van der Waals surface area contributed by atoms with Crippen LogP contribution in [-0.2, 0) is 6.54 Å². The van der Waals surface area contributed by atoms with Crippen molar-refractivity contribution in [2.75, 3.05) is 38.1 Å². The molecule has 1 unspecified atom stereocenters. The van der Waals surface area contributed by atoms with E-state index in [2.05, 4.69) is 23.5 Å². The predicted octanol–water partition coefficient (Wildman–Crippen LogP) is 2.45. The summed E-state index contributed by atoms with van der Waals surface area (Å²) in [4.78, 5) is 7.62. The number of nitrogens with zero attached hydrogens (tertiary/aromatic N) is 2. The van der Waals surface area contributed by atoms with E-state index in [4.69, 9.17) is 4.74 Å². The molecule has 0 bridgehead atoms. The monoisotopic (exact) mass is 289 g/mol. The number of anilines is 1. The zero-order chi connectivity index (χ0) is 13.5. The first-order valence-electron chi connectivity index (χ1n) is 6.01. The van der Waals surface area contributed by atoms with Gasteiger partial charge in [-0.2, -0.15) is 16.7 Å². The van der Waals surface area contributed by atoms with E-state index in [0.717, 1.165) is 22.4 Å². The smallest absolute Gasteiger partial charge is 0.230 e. The molecule has 1 atom stereocenters. The van der Waals surface area contributed by atoms with Crippen molar-refractivity contribution >= 4 is 28.2 Å². The molecule has 0 radical (unpaired) electrons. The molecular formula is C12H23N3OS2. The quantitative estimate of drug-likeness (QED) is 0.795.